The zero-order chi connectivity index (χ0) is 11.4. The molecule has 0 radical (unpaired) electrons. The molecular weight excluding hydrogens is 222 g/mol. The fourth-order valence-electron chi connectivity index (χ4n) is 2.20. The van der Waals surface area contributed by atoms with E-state index in [-0.39, 0.29) is 0 Å². The number of thiol groups is 1. The Balaban J connectivity index is 2.30. The Labute approximate surface area is 98.0 Å². The van der Waals surface area contributed by atoms with E-state index in [4.69, 9.17) is 0 Å². The Morgan fingerprint density at radius 3 is 2.19 bits per heavy atom. The highest BCUT2D eigenvalue weighted by Gasteiger charge is 2.13. The lowest BCUT2D eigenvalue weighted by atomic mass is 10.2. The molecular formula is C12H17NO2S. The summed E-state index contributed by atoms with van der Waals surface area (Å²) in [5, 5.41) is 0. The summed E-state index contributed by atoms with van der Waals surface area (Å²) >= 11 is 0. The average Bonchev–Trinajstić information content (AvgIpc) is 2.57. The second-order valence-corrected chi connectivity index (χ2v) is 5.14. The Morgan fingerprint density at radius 2 is 1.56 bits per heavy atom. The third-order valence-electron chi connectivity index (χ3n) is 3.03. The van der Waals surface area contributed by atoms with Gasteiger partial charge in [0.25, 0.3) is 0 Å². The fraction of sp³-hybridized carbons (Fsp3) is 0.500. The Morgan fingerprint density at radius 1 is 0.938 bits per heavy atom. The van der Waals surface area contributed by atoms with Gasteiger partial charge in [0.1, 0.15) is 0 Å². The van der Waals surface area contributed by atoms with Crippen LogP contribution in [-0.4, -0.2) is 21.5 Å². The Hall–Kier alpha value is -1.03. The SMILES string of the molecule is O=[SH](=O)c1ccccc1N1CCCCCC1. The topological polar surface area (TPSA) is 37.4 Å². The van der Waals surface area contributed by atoms with Crippen molar-refractivity contribution in [1.82, 2.24) is 0 Å². The molecule has 16 heavy (non-hydrogen) atoms. The summed E-state index contributed by atoms with van der Waals surface area (Å²) in [6.45, 7) is 1.94. The molecule has 0 unspecified atom stereocenters. The number of rotatable bonds is 2. The molecule has 1 aromatic rings. The summed E-state index contributed by atoms with van der Waals surface area (Å²) in [5.41, 5.74) is 0.875. The van der Waals surface area contributed by atoms with Crippen LogP contribution >= 0.6 is 0 Å². The predicted octanol–water partition coefficient (Wildman–Crippen LogP) is 2.04. The van der Waals surface area contributed by atoms with Gasteiger partial charge in [0.05, 0.1) is 10.6 Å². The quantitative estimate of drug-likeness (QED) is 0.802. The van der Waals surface area contributed by atoms with Crippen molar-refractivity contribution in [3.8, 4) is 0 Å². The smallest absolute Gasteiger partial charge is 0.170 e. The molecule has 0 amide bonds. The normalized spacial score (nSPS) is 17.4. The molecule has 0 saturated carbocycles. The second-order valence-electron chi connectivity index (χ2n) is 4.15. The van der Waals surface area contributed by atoms with Crippen LogP contribution in [0.3, 0.4) is 0 Å². The van der Waals surface area contributed by atoms with Crippen molar-refractivity contribution in [2.24, 2.45) is 0 Å². The summed E-state index contributed by atoms with van der Waals surface area (Å²) in [4.78, 5) is 2.66. The molecule has 1 saturated heterocycles. The van der Waals surface area contributed by atoms with E-state index in [0.29, 0.717) is 4.90 Å². The van der Waals surface area contributed by atoms with Gasteiger partial charge in [-0.3, -0.25) is 0 Å². The molecule has 0 bridgehead atoms. The number of hydrogen-bond donors (Lipinski definition) is 1. The summed E-state index contributed by atoms with van der Waals surface area (Å²) in [6, 6.07) is 7.28. The van der Waals surface area contributed by atoms with Crippen LogP contribution < -0.4 is 4.90 Å². The van der Waals surface area contributed by atoms with Crippen LogP contribution in [0.4, 0.5) is 5.69 Å². The van der Waals surface area contributed by atoms with Crippen LogP contribution in [0, 0.1) is 0 Å². The van der Waals surface area contributed by atoms with Gasteiger partial charge >= 0.3 is 0 Å². The molecule has 2 rings (SSSR count). The molecule has 3 nitrogen and oxygen atoms in total. The minimum atomic E-state index is -2.49. The second kappa shape index (κ2) is 5.34. The van der Waals surface area contributed by atoms with Crippen LogP contribution in [0.5, 0.6) is 0 Å². The molecule has 88 valence electrons. The van der Waals surface area contributed by atoms with Crippen LogP contribution in [0.25, 0.3) is 0 Å². The molecule has 0 aliphatic carbocycles. The first-order chi connectivity index (χ1) is 7.79. The Bertz CT molecular complexity index is 413. The minimum Gasteiger partial charge on any atom is -0.370 e. The van der Waals surface area contributed by atoms with Crippen LogP contribution in [-0.2, 0) is 10.7 Å². The average molecular weight is 239 g/mol. The number of hydrogen-bond acceptors (Lipinski definition) is 3. The van der Waals surface area contributed by atoms with E-state index in [1.54, 1.807) is 12.1 Å². The zero-order valence-electron chi connectivity index (χ0n) is 9.26. The van der Waals surface area contributed by atoms with E-state index in [1.165, 1.54) is 12.8 Å². The van der Waals surface area contributed by atoms with E-state index in [1.807, 2.05) is 12.1 Å². The first-order valence-electron chi connectivity index (χ1n) is 5.77. The maximum absolute atomic E-state index is 11.2. The van der Waals surface area contributed by atoms with E-state index in [0.717, 1.165) is 31.6 Å². The van der Waals surface area contributed by atoms with Gasteiger partial charge < -0.3 is 4.90 Å². The molecule has 0 aromatic heterocycles. The maximum Gasteiger partial charge on any atom is 0.170 e. The molecule has 0 N–H and O–H groups in total. The first kappa shape index (κ1) is 11.5. The van der Waals surface area contributed by atoms with Gasteiger partial charge in [0, 0.05) is 13.1 Å². The monoisotopic (exact) mass is 239 g/mol. The van der Waals surface area contributed by atoms with Gasteiger partial charge in [-0.2, -0.15) is 0 Å². The highest BCUT2D eigenvalue weighted by Crippen LogP contribution is 2.24. The standard InChI is InChI=1S/C12H17NO2S/c14-16(15)12-8-4-3-7-11(12)13-9-5-1-2-6-10-13/h3-4,7-8,16H,1-2,5-6,9-10H2. The zero-order valence-corrected chi connectivity index (χ0v) is 10.2. The molecule has 4 heteroatoms. The number of para-hydroxylation sites is 1. The summed E-state index contributed by atoms with van der Waals surface area (Å²) < 4.78 is 22.3. The first-order valence-corrected chi connectivity index (χ1v) is 6.95. The van der Waals surface area contributed by atoms with Crippen molar-refractivity contribution >= 4 is 16.4 Å². The lowest BCUT2D eigenvalue weighted by Crippen LogP contribution is -2.24. The Kier molecular flexibility index (Phi) is 3.83. The fourth-order valence-corrected chi connectivity index (χ4v) is 2.81. The van der Waals surface area contributed by atoms with Crippen molar-refractivity contribution in [2.75, 3.05) is 18.0 Å². The summed E-state index contributed by atoms with van der Waals surface area (Å²) in [5.74, 6) is 0. The van der Waals surface area contributed by atoms with Gasteiger partial charge in [-0.05, 0) is 25.0 Å². The lowest BCUT2D eigenvalue weighted by molar-refractivity contribution is 0.614. The molecule has 1 aliphatic heterocycles. The van der Waals surface area contributed by atoms with Crippen molar-refractivity contribution in [2.45, 2.75) is 30.6 Å². The third-order valence-corrected chi connectivity index (χ3v) is 3.80. The van der Waals surface area contributed by atoms with Gasteiger partial charge in [0.15, 0.2) is 10.7 Å². The van der Waals surface area contributed by atoms with Crippen LogP contribution in [0.2, 0.25) is 0 Å². The van der Waals surface area contributed by atoms with Crippen LogP contribution in [0.15, 0.2) is 29.2 Å². The van der Waals surface area contributed by atoms with Crippen LogP contribution in [0.1, 0.15) is 25.7 Å². The molecule has 1 aromatic carbocycles. The van der Waals surface area contributed by atoms with E-state index < -0.39 is 10.7 Å². The third kappa shape index (κ3) is 2.55. The maximum atomic E-state index is 11.2. The predicted molar refractivity (Wildman–Crippen MR) is 65.7 cm³/mol. The molecule has 1 fully saturated rings. The van der Waals surface area contributed by atoms with Crippen molar-refractivity contribution in [3.05, 3.63) is 24.3 Å². The molecule has 0 spiro atoms. The van der Waals surface area contributed by atoms with Crippen molar-refractivity contribution in [1.29, 1.82) is 0 Å². The van der Waals surface area contributed by atoms with E-state index in [2.05, 4.69) is 4.90 Å². The largest absolute Gasteiger partial charge is 0.370 e. The van der Waals surface area contributed by atoms with Crippen molar-refractivity contribution in [3.63, 3.8) is 0 Å². The lowest BCUT2D eigenvalue weighted by Gasteiger charge is -2.23. The highest BCUT2D eigenvalue weighted by atomic mass is 32.2. The van der Waals surface area contributed by atoms with Crippen molar-refractivity contribution < 1.29 is 8.42 Å². The van der Waals surface area contributed by atoms with Gasteiger partial charge in [0.2, 0.25) is 0 Å². The summed E-state index contributed by atoms with van der Waals surface area (Å²) in [7, 11) is -2.49. The number of benzene rings is 1. The summed E-state index contributed by atoms with van der Waals surface area (Å²) in [6.07, 6.45) is 4.82. The minimum absolute atomic E-state index is 0.458. The highest BCUT2D eigenvalue weighted by molar-refractivity contribution is 7.72. The van der Waals surface area contributed by atoms with E-state index >= 15 is 0 Å². The molecule has 1 heterocycles. The molecule has 1 aliphatic rings. The van der Waals surface area contributed by atoms with E-state index in [9.17, 15) is 8.42 Å². The number of nitrogens with zero attached hydrogens (tertiary/aromatic N) is 1. The number of anilines is 1. The van der Waals surface area contributed by atoms with Gasteiger partial charge in [-0.1, -0.05) is 25.0 Å². The molecule has 0 atom stereocenters. The van der Waals surface area contributed by atoms with Gasteiger partial charge in [-0.15, -0.1) is 0 Å². The van der Waals surface area contributed by atoms with Gasteiger partial charge in [-0.25, -0.2) is 8.42 Å².